The van der Waals surface area contributed by atoms with Crippen molar-refractivity contribution < 1.29 is 0 Å². The fourth-order valence-corrected chi connectivity index (χ4v) is 2.96. The van der Waals surface area contributed by atoms with Gasteiger partial charge < -0.3 is 5.32 Å². The molecule has 2 aliphatic carbocycles. The van der Waals surface area contributed by atoms with Crippen LogP contribution in [0.1, 0.15) is 58.3 Å². The third kappa shape index (κ3) is 2.46. The maximum absolute atomic E-state index is 3.87. The molecule has 0 unspecified atom stereocenters. The van der Waals surface area contributed by atoms with Crippen molar-refractivity contribution in [3.8, 4) is 0 Å². The molecule has 1 heteroatoms. The van der Waals surface area contributed by atoms with Gasteiger partial charge in [-0.3, -0.25) is 0 Å². The Morgan fingerprint density at radius 1 is 0.846 bits per heavy atom. The molecule has 76 valence electrons. The van der Waals surface area contributed by atoms with E-state index in [1.54, 1.807) is 0 Å². The molecule has 0 heterocycles. The number of rotatable bonds is 2. The summed E-state index contributed by atoms with van der Waals surface area (Å²) in [7, 11) is 0. The lowest BCUT2D eigenvalue weighted by Crippen LogP contribution is -2.42. The van der Waals surface area contributed by atoms with Crippen molar-refractivity contribution in [2.24, 2.45) is 5.92 Å². The summed E-state index contributed by atoms with van der Waals surface area (Å²) in [5.41, 5.74) is 0. The van der Waals surface area contributed by atoms with Crippen molar-refractivity contribution in [3.63, 3.8) is 0 Å². The molecule has 0 radical (unpaired) electrons. The van der Waals surface area contributed by atoms with Gasteiger partial charge in [0, 0.05) is 12.1 Å². The van der Waals surface area contributed by atoms with Crippen LogP contribution in [-0.4, -0.2) is 12.1 Å². The van der Waals surface area contributed by atoms with Crippen LogP contribution in [0, 0.1) is 5.92 Å². The lowest BCUT2D eigenvalue weighted by molar-refractivity contribution is 0.258. The van der Waals surface area contributed by atoms with E-state index < -0.39 is 0 Å². The summed E-state index contributed by atoms with van der Waals surface area (Å²) in [6, 6.07) is 1.71. The fourth-order valence-electron chi connectivity index (χ4n) is 2.96. The Morgan fingerprint density at radius 2 is 1.46 bits per heavy atom. The van der Waals surface area contributed by atoms with E-state index in [0.29, 0.717) is 0 Å². The summed E-state index contributed by atoms with van der Waals surface area (Å²) in [6.45, 7) is 2.42. The highest BCUT2D eigenvalue weighted by molar-refractivity contribution is 4.83. The molecule has 0 aromatic heterocycles. The van der Waals surface area contributed by atoms with Crippen LogP contribution in [0.15, 0.2) is 0 Å². The van der Waals surface area contributed by atoms with Gasteiger partial charge in [-0.25, -0.2) is 0 Å². The first-order chi connectivity index (χ1) is 6.36. The van der Waals surface area contributed by atoms with Gasteiger partial charge in [-0.1, -0.05) is 32.6 Å². The molecule has 0 saturated heterocycles. The van der Waals surface area contributed by atoms with E-state index in [1.165, 1.54) is 51.4 Å². The number of hydrogen-bond acceptors (Lipinski definition) is 1. The Kier molecular flexibility index (Phi) is 3.26. The quantitative estimate of drug-likeness (QED) is 0.690. The van der Waals surface area contributed by atoms with Crippen molar-refractivity contribution in [2.75, 3.05) is 0 Å². The standard InChI is InChI=1S/C12H23N/c1-10-6-2-5-9-12(10)13-11-7-3-4-8-11/h10-13H,2-9H2,1H3/t10-,12-/m0/s1. The van der Waals surface area contributed by atoms with Crippen LogP contribution < -0.4 is 5.32 Å². The number of hydrogen-bond donors (Lipinski definition) is 1. The summed E-state index contributed by atoms with van der Waals surface area (Å²) < 4.78 is 0. The highest BCUT2D eigenvalue weighted by Gasteiger charge is 2.24. The van der Waals surface area contributed by atoms with Crippen LogP contribution in [0.25, 0.3) is 0 Å². The van der Waals surface area contributed by atoms with Gasteiger partial charge in [-0.15, -0.1) is 0 Å². The van der Waals surface area contributed by atoms with Gasteiger partial charge in [0.15, 0.2) is 0 Å². The van der Waals surface area contributed by atoms with Crippen LogP contribution in [0.2, 0.25) is 0 Å². The molecule has 2 aliphatic rings. The van der Waals surface area contributed by atoms with Crippen LogP contribution in [0.4, 0.5) is 0 Å². The first-order valence-electron chi connectivity index (χ1n) is 6.12. The second-order valence-corrected chi connectivity index (χ2v) is 5.02. The minimum absolute atomic E-state index is 0.844. The molecule has 0 aromatic carbocycles. The molecule has 1 N–H and O–H groups in total. The van der Waals surface area contributed by atoms with Gasteiger partial charge in [-0.05, 0) is 31.6 Å². The minimum Gasteiger partial charge on any atom is -0.311 e. The Balaban J connectivity index is 1.78. The fraction of sp³-hybridized carbons (Fsp3) is 1.00. The molecule has 0 bridgehead atoms. The topological polar surface area (TPSA) is 12.0 Å². The SMILES string of the molecule is C[C@H]1CCCC[C@@H]1NC1CCCC1. The van der Waals surface area contributed by atoms with Crippen molar-refractivity contribution in [1.29, 1.82) is 0 Å². The largest absolute Gasteiger partial charge is 0.311 e. The van der Waals surface area contributed by atoms with Crippen molar-refractivity contribution in [1.82, 2.24) is 5.32 Å². The maximum atomic E-state index is 3.87. The maximum Gasteiger partial charge on any atom is 0.00952 e. The summed E-state index contributed by atoms with van der Waals surface area (Å²) in [5.74, 6) is 0.925. The Labute approximate surface area is 82.3 Å². The zero-order chi connectivity index (χ0) is 9.10. The molecule has 0 amide bonds. The van der Waals surface area contributed by atoms with Crippen LogP contribution in [-0.2, 0) is 0 Å². The van der Waals surface area contributed by atoms with E-state index in [4.69, 9.17) is 0 Å². The van der Waals surface area contributed by atoms with Gasteiger partial charge in [0.25, 0.3) is 0 Å². The second-order valence-electron chi connectivity index (χ2n) is 5.02. The predicted octanol–water partition coefficient (Wildman–Crippen LogP) is 3.10. The van der Waals surface area contributed by atoms with Crippen LogP contribution in [0.3, 0.4) is 0 Å². The molecule has 2 saturated carbocycles. The second kappa shape index (κ2) is 4.45. The van der Waals surface area contributed by atoms with Gasteiger partial charge >= 0.3 is 0 Å². The highest BCUT2D eigenvalue weighted by Crippen LogP contribution is 2.26. The van der Waals surface area contributed by atoms with Crippen molar-refractivity contribution >= 4 is 0 Å². The van der Waals surface area contributed by atoms with E-state index in [9.17, 15) is 0 Å². The van der Waals surface area contributed by atoms with Gasteiger partial charge in [0.05, 0.1) is 0 Å². The molecule has 0 spiro atoms. The van der Waals surface area contributed by atoms with E-state index in [1.807, 2.05) is 0 Å². The summed E-state index contributed by atoms with van der Waals surface area (Å²) in [4.78, 5) is 0. The van der Waals surface area contributed by atoms with Crippen LogP contribution >= 0.6 is 0 Å². The summed E-state index contributed by atoms with van der Waals surface area (Å²) in [5, 5.41) is 3.87. The lowest BCUT2D eigenvalue weighted by Gasteiger charge is -2.32. The van der Waals surface area contributed by atoms with Crippen LogP contribution in [0.5, 0.6) is 0 Å². The molecule has 2 rings (SSSR count). The molecule has 0 aliphatic heterocycles. The highest BCUT2D eigenvalue weighted by atomic mass is 15.0. The monoisotopic (exact) mass is 181 g/mol. The van der Waals surface area contributed by atoms with E-state index in [0.717, 1.165) is 18.0 Å². The Bertz CT molecular complexity index is 149. The van der Waals surface area contributed by atoms with E-state index in [2.05, 4.69) is 12.2 Å². The van der Waals surface area contributed by atoms with Gasteiger partial charge in [0.1, 0.15) is 0 Å². The summed E-state index contributed by atoms with van der Waals surface area (Å²) >= 11 is 0. The molecular weight excluding hydrogens is 158 g/mol. The van der Waals surface area contributed by atoms with Gasteiger partial charge in [0.2, 0.25) is 0 Å². The molecule has 1 nitrogen and oxygen atoms in total. The third-order valence-electron chi connectivity index (χ3n) is 3.92. The number of nitrogens with one attached hydrogen (secondary N) is 1. The van der Waals surface area contributed by atoms with E-state index >= 15 is 0 Å². The summed E-state index contributed by atoms with van der Waals surface area (Å²) in [6.07, 6.45) is 11.6. The normalized spacial score (nSPS) is 36.7. The third-order valence-corrected chi connectivity index (χ3v) is 3.92. The molecule has 2 atom stereocenters. The Hall–Kier alpha value is -0.0400. The first-order valence-corrected chi connectivity index (χ1v) is 6.12. The van der Waals surface area contributed by atoms with E-state index in [-0.39, 0.29) is 0 Å². The van der Waals surface area contributed by atoms with Crippen molar-refractivity contribution in [2.45, 2.75) is 70.4 Å². The molecule has 13 heavy (non-hydrogen) atoms. The zero-order valence-electron chi connectivity index (χ0n) is 8.89. The lowest BCUT2D eigenvalue weighted by atomic mass is 9.85. The first kappa shape index (κ1) is 9.51. The minimum atomic E-state index is 0.844. The average molecular weight is 181 g/mol. The molecule has 0 aromatic rings. The molecular formula is C12H23N. The smallest absolute Gasteiger partial charge is 0.00952 e. The predicted molar refractivity (Wildman–Crippen MR) is 56.8 cm³/mol. The average Bonchev–Trinajstić information content (AvgIpc) is 2.61. The van der Waals surface area contributed by atoms with Crippen molar-refractivity contribution in [3.05, 3.63) is 0 Å². The molecule has 2 fully saturated rings. The zero-order valence-corrected chi connectivity index (χ0v) is 8.89. The Morgan fingerprint density at radius 3 is 2.15 bits per heavy atom. The van der Waals surface area contributed by atoms with Gasteiger partial charge in [-0.2, -0.15) is 0 Å².